The first-order valence-electron chi connectivity index (χ1n) is 10.9. The predicted molar refractivity (Wildman–Crippen MR) is 131 cm³/mol. The van der Waals surface area contributed by atoms with E-state index in [9.17, 15) is 0 Å². The molecule has 0 radical (unpaired) electrons. The lowest BCUT2D eigenvalue weighted by Gasteiger charge is -2.32. The highest BCUT2D eigenvalue weighted by molar-refractivity contribution is 6.64. The fourth-order valence-electron chi connectivity index (χ4n) is 4.33. The average molecular weight is 406 g/mol. The molecule has 31 heavy (non-hydrogen) atoms. The van der Waals surface area contributed by atoms with E-state index in [2.05, 4.69) is 119 Å². The zero-order valence-electron chi connectivity index (χ0n) is 18.6. The Kier molecular flexibility index (Phi) is 4.77. The van der Waals surface area contributed by atoms with Gasteiger partial charge in [0.1, 0.15) is 0 Å². The standard InChI is InChI=1S/C28H27BO2/c1-27(2)28(3,4)31-29(30-27)26-19-10-9-17-25(26)24-16-8-7-15-23(24)22-18-11-13-20-12-5-6-14-21(20)22/h5-19H,1-4H3. The minimum absolute atomic E-state index is 0.375. The molecule has 1 aliphatic heterocycles. The predicted octanol–water partition coefficient (Wildman–Crippen LogP) is 6.47. The molecule has 0 aliphatic carbocycles. The molecule has 4 aromatic rings. The summed E-state index contributed by atoms with van der Waals surface area (Å²) in [5.41, 5.74) is 5.09. The minimum Gasteiger partial charge on any atom is -0.399 e. The van der Waals surface area contributed by atoms with Crippen LogP contribution < -0.4 is 5.46 Å². The summed E-state index contributed by atoms with van der Waals surface area (Å²) in [5.74, 6) is 0. The van der Waals surface area contributed by atoms with Gasteiger partial charge in [0.05, 0.1) is 11.2 Å². The molecule has 0 atom stereocenters. The van der Waals surface area contributed by atoms with E-state index in [1.165, 1.54) is 27.5 Å². The van der Waals surface area contributed by atoms with Crippen LogP contribution in [0, 0.1) is 0 Å². The maximum atomic E-state index is 6.41. The first kappa shape index (κ1) is 20.1. The van der Waals surface area contributed by atoms with E-state index in [0.29, 0.717) is 0 Å². The van der Waals surface area contributed by atoms with Crippen LogP contribution >= 0.6 is 0 Å². The quantitative estimate of drug-likeness (QED) is 0.363. The van der Waals surface area contributed by atoms with Crippen molar-refractivity contribution in [2.45, 2.75) is 38.9 Å². The van der Waals surface area contributed by atoms with Crippen molar-refractivity contribution in [1.29, 1.82) is 0 Å². The molecule has 1 saturated heterocycles. The maximum absolute atomic E-state index is 6.41. The van der Waals surface area contributed by atoms with E-state index < -0.39 is 7.12 Å². The minimum atomic E-state index is -0.401. The summed E-state index contributed by atoms with van der Waals surface area (Å²) >= 11 is 0. The van der Waals surface area contributed by atoms with E-state index >= 15 is 0 Å². The van der Waals surface area contributed by atoms with E-state index in [-0.39, 0.29) is 11.2 Å². The molecular formula is C28H27BO2. The number of fused-ring (bicyclic) bond motifs is 1. The molecule has 0 amide bonds. The Morgan fingerprint density at radius 1 is 0.516 bits per heavy atom. The summed E-state index contributed by atoms with van der Waals surface area (Å²) in [6, 6.07) is 32.1. The second-order valence-electron chi connectivity index (χ2n) is 9.25. The third-order valence-electron chi connectivity index (χ3n) is 6.77. The smallest absolute Gasteiger partial charge is 0.399 e. The Morgan fingerprint density at radius 2 is 1.00 bits per heavy atom. The van der Waals surface area contributed by atoms with Gasteiger partial charge in [-0.2, -0.15) is 0 Å². The molecule has 1 aliphatic rings. The third kappa shape index (κ3) is 3.38. The fraction of sp³-hybridized carbons (Fsp3) is 0.214. The number of hydrogen-bond donors (Lipinski definition) is 0. The van der Waals surface area contributed by atoms with Crippen LogP contribution in [0.3, 0.4) is 0 Å². The maximum Gasteiger partial charge on any atom is 0.495 e. The molecule has 0 saturated carbocycles. The summed E-state index contributed by atoms with van der Waals surface area (Å²) in [6.07, 6.45) is 0. The zero-order chi connectivity index (χ0) is 21.6. The van der Waals surface area contributed by atoms with E-state index in [1.807, 2.05) is 0 Å². The molecule has 0 N–H and O–H groups in total. The summed E-state index contributed by atoms with van der Waals surface area (Å²) in [7, 11) is -0.401. The van der Waals surface area contributed by atoms with Crippen LogP contribution in [0.2, 0.25) is 0 Å². The van der Waals surface area contributed by atoms with Crippen molar-refractivity contribution in [3.05, 3.63) is 91.0 Å². The van der Waals surface area contributed by atoms with Gasteiger partial charge in [-0.1, -0.05) is 91.0 Å². The van der Waals surface area contributed by atoms with Crippen LogP contribution in [-0.4, -0.2) is 18.3 Å². The Balaban J connectivity index is 1.68. The molecular weight excluding hydrogens is 379 g/mol. The Labute approximate surface area is 185 Å². The van der Waals surface area contributed by atoms with Gasteiger partial charge in [0.25, 0.3) is 0 Å². The molecule has 4 aromatic carbocycles. The highest BCUT2D eigenvalue weighted by atomic mass is 16.7. The Morgan fingerprint density at radius 3 is 1.71 bits per heavy atom. The van der Waals surface area contributed by atoms with Gasteiger partial charge in [-0.3, -0.25) is 0 Å². The molecule has 1 heterocycles. The highest BCUT2D eigenvalue weighted by Gasteiger charge is 2.52. The van der Waals surface area contributed by atoms with Crippen LogP contribution in [0.4, 0.5) is 0 Å². The zero-order valence-corrected chi connectivity index (χ0v) is 18.6. The lowest BCUT2D eigenvalue weighted by Crippen LogP contribution is -2.41. The summed E-state index contributed by atoms with van der Waals surface area (Å²) in [5, 5.41) is 2.50. The third-order valence-corrected chi connectivity index (χ3v) is 6.77. The van der Waals surface area contributed by atoms with Crippen molar-refractivity contribution in [1.82, 2.24) is 0 Å². The monoisotopic (exact) mass is 406 g/mol. The largest absolute Gasteiger partial charge is 0.495 e. The molecule has 2 nitrogen and oxygen atoms in total. The van der Waals surface area contributed by atoms with Gasteiger partial charge in [0.2, 0.25) is 0 Å². The van der Waals surface area contributed by atoms with Gasteiger partial charge in [-0.05, 0) is 66.2 Å². The molecule has 0 aromatic heterocycles. The number of rotatable bonds is 3. The first-order valence-corrected chi connectivity index (χ1v) is 10.9. The molecule has 154 valence electrons. The van der Waals surface area contributed by atoms with Crippen LogP contribution in [-0.2, 0) is 9.31 Å². The summed E-state index contributed by atoms with van der Waals surface area (Å²) < 4.78 is 12.8. The van der Waals surface area contributed by atoms with E-state index in [4.69, 9.17) is 9.31 Å². The SMILES string of the molecule is CC1(C)OB(c2ccccc2-c2ccccc2-c2cccc3ccccc23)OC1(C)C. The van der Waals surface area contributed by atoms with Crippen molar-refractivity contribution in [2.24, 2.45) is 0 Å². The molecule has 3 heteroatoms. The summed E-state index contributed by atoms with van der Waals surface area (Å²) in [6.45, 7) is 8.39. The van der Waals surface area contributed by atoms with E-state index in [0.717, 1.165) is 11.0 Å². The van der Waals surface area contributed by atoms with Gasteiger partial charge >= 0.3 is 7.12 Å². The van der Waals surface area contributed by atoms with Gasteiger partial charge < -0.3 is 9.31 Å². The Bertz CT molecular complexity index is 1240. The lowest BCUT2D eigenvalue weighted by molar-refractivity contribution is 0.00578. The van der Waals surface area contributed by atoms with Crippen molar-refractivity contribution < 1.29 is 9.31 Å². The van der Waals surface area contributed by atoms with Crippen molar-refractivity contribution in [3.8, 4) is 22.3 Å². The number of benzene rings is 4. The fourth-order valence-corrected chi connectivity index (χ4v) is 4.33. The molecule has 1 fully saturated rings. The van der Waals surface area contributed by atoms with E-state index in [1.54, 1.807) is 0 Å². The van der Waals surface area contributed by atoms with Crippen LogP contribution in [0.25, 0.3) is 33.0 Å². The van der Waals surface area contributed by atoms with Crippen molar-refractivity contribution in [3.63, 3.8) is 0 Å². The van der Waals surface area contributed by atoms with Gasteiger partial charge in [0.15, 0.2) is 0 Å². The molecule has 0 bridgehead atoms. The topological polar surface area (TPSA) is 18.5 Å². The normalized spacial score (nSPS) is 17.2. The summed E-state index contributed by atoms with van der Waals surface area (Å²) in [4.78, 5) is 0. The van der Waals surface area contributed by atoms with Crippen LogP contribution in [0.1, 0.15) is 27.7 Å². The Hall–Kier alpha value is -2.88. The van der Waals surface area contributed by atoms with Gasteiger partial charge in [-0.15, -0.1) is 0 Å². The van der Waals surface area contributed by atoms with Gasteiger partial charge in [0, 0.05) is 0 Å². The molecule has 5 rings (SSSR count). The van der Waals surface area contributed by atoms with Gasteiger partial charge in [-0.25, -0.2) is 0 Å². The second kappa shape index (κ2) is 7.37. The lowest BCUT2D eigenvalue weighted by atomic mass is 9.73. The molecule has 0 unspecified atom stereocenters. The molecule has 0 spiro atoms. The average Bonchev–Trinajstić information content (AvgIpc) is 3.00. The number of hydrogen-bond acceptors (Lipinski definition) is 2. The highest BCUT2D eigenvalue weighted by Crippen LogP contribution is 2.39. The first-order chi connectivity index (χ1) is 14.9. The van der Waals surface area contributed by atoms with Crippen LogP contribution in [0.15, 0.2) is 91.0 Å². The second-order valence-corrected chi connectivity index (χ2v) is 9.25. The van der Waals surface area contributed by atoms with Crippen molar-refractivity contribution in [2.75, 3.05) is 0 Å². The van der Waals surface area contributed by atoms with Crippen molar-refractivity contribution >= 4 is 23.4 Å². The van der Waals surface area contributed by atoms with Crippen LogP contribution in [0.5, 0.6) is 0 Å².